The van der Waals surface area contributed by atoms with Crippen molar-refractivity contribution in [3.8, 4) is 0 Å². The van der Waals surface area contributed by atoms with Gasteiger partial charge in [-0.3, -0.25) is 0 Å². The number of hydrogen-bond donors (Lipinski definition) is 0. The Balaban J connectivity index is 2.53. The van der Waals surface area contributed by atoms with Gasteiger partial charge in [-0.2, -0.15) is 0 Å². The predicted octanol–water partition coefficient (Wildman–Crippen LogP) is 15.8. The van der Waals surface area contributed by atoms with Crippen molar-refractivity contribution in [2.45, 2.75) is 169 Å². The number of unbranched alkanes of at least 4 members (excludes halogenated alkanes) is 11. The van der Waals surface area contributed by atoms with E-state index in [-0.39, 0.29) is 5.41 Å². The van der Waals surface area contributed by atoms with Crippen LogP contribution in [0.3, 0.4) is 0 Å². The second kappa shape index (κ2) is 24.5. The van der Waals surface area contributed by atoms with Gasteiger partial charge in [0.1, 0.15) is 0 Å². The van der Waals surface area contributed by atoms with Gasteiger partial charge in [-0.25, -0.2) is 0 Å². The summed E-state index contributed by atoms with van der Waals surface area (Å²) >= 11 is 0. The van der Waals surface area contributed by atoms with Crippen molar-refractivity contribution in [2.75, 3.05) is 0 Å². The summed E-state index contributed by atoms with van der Waals surface area (Å²) in [5.74, 6) is 0.942. The van der Waals surface area contributed by atoms with Gasteiger partial charge < -0.3 is 0 Å². The Morgan fingerprint density at radius 3 is 1.98 bits per heavy atom. The van der Waals surface area contributed by atoms with E-state index in [2.05, 4.69) is 121 Å². The minimum Gasteiger partial charge on any atom is -0.103 e. The molecule has 2 unspecified atom stereocenters. The lowest BCUT2D eigenvalue weighted by Gasteiger charge is -2.33. The maximum atomic E-state index is 4.19. The minimum absolute atomic E-state index is 0.108. The molecule has 2 rings (SSSR count). The zero-order chi connectivity index (χ0) is 35.0. The zero-order valence-electron chi connectivity index (χ0n) is 32.4. The van der Waals surface area contributed by atoms with E-state index in [0.717, 1.165) is 32.1 Å². The molecule has 0 fully saturated rings. The lowest BCUT2D eigenvalue weighted by atomic mass is 9.70. The molecule has 1 aliphatic carbocycles. The van der Waals surface area contributed by atoms with Crippen LogP contribution in [0.2, 0.25) is 0 Å². The molecule has 0 heteroatoms. The van der Waals surface area contributed by atoms with E-state index in [1.807, 2.05) is 6.08 Å². The van der Waals surface area contributed by atoms with Gasteiger partial charge in [-0.1, -0.05) is 191 Å². The van der Waals surface area contributed by atoms with Gasteiger partial charge in [0.05, 0.1) is 0 Å². The van der Waals surface area contributed by atoms with E-state index in [0.29, 0.717) is 11.8 Å². The molecule has 2 atom stereocenters. The summed E-state index contributed by atoms with van der Waals surface area (Å²) in [6.45, 7) is 22.1. The highest BCUT2D eigenvalue weighted by Gasteiger charge is 2.43. The molecule has 1 aromatic rings. The SMILES string of the molecule is C=C/C=C1\C(=C/CC/C=C(\C(=C/C)C(/C=C\CC)CC)C(C)CC=C)C(CCCCCCCC)(CCCCCCCC)c2ccccc21. The number of hydrogen-bond acceptors (Lipinski definition) is 0. The summed E-state index contributed by atoms with van der Waals surface area (Å²) in [5, 5.41) is 0. The van der Waals surface area contributed by atoms with Gasteiger partial charge in [-0.05, 0) is 91.2 Å². The van der Waals surface area contributed by atoms with Gasteiger partial charge in [0, 0.05) is 11.3 Å². The first-order valence-electron chi connectivity index (χ1n) is 20.3. The molecule has 48 heavy (non-hydrogen) atoms. The maximum Gasteiger partial charge on any atom is 0.0212 e. The van der Waals surface area contributed by atoms with Gasteiger partial charge in [0.2, 0.25) is 0 Å². The Kier molecular flexibility index (Phi) is 21.2. The Bertz CT molecular complexity index is 1190. The van der Waals surface area contributed by atoms with Crippen molar-refractivity contribution < 1.29 is 0 Å². The third kappa shape index (κ3) is 12.4. The van der Waals surface area contributed by atoms with Crippen LogP contribution in [0.25, 0.3) is 5.57 Å². The number of rotatable bonds is 26. The molecule has 266 valence electrons. The van der Waals surface area contributed by atoms with Crippen LogP contribution in [-0.2, 0) is 5.41 Å². The molecule has 0 saturated carbocycles. The Hall–Kier alpha value is -2.60. The molecule has 0 aliphatic heterocycles. The molecule has 0 nitrogen and oxygen atoms in total. The second-order valence-electron chi connectivity index (χ2n) is 14.4. The number of benzene rings is 1. The Morgan fingerprint density at radius 1 is 0.792 bits per heavy atom. The summed E-state index contributed by atoms with van der Waals surface area (Å²) in [7, 11) is 0. The first-order valence-corrected chi connectivity index (χ1v) is 20.3. The minimum atomic E-state index is 0.108. The fraction of sp³-hybridized carbons (Fsp3) is 0.583. The van der Waals surface area contributed by atoms with Gasteiger partial charge in [0.15, 0.2) is 0 Å². The van der Waals surface area contributed by atoms with Crippen molar-refractivity contribution in [1.29, 1.82) is 0 Å². The largest absolute Gasteiger partial charge is 0.103 e. The molecule has 0 N–H and O–H groups in total. The van der Waals surface area contributed by atoms with Crippen molar-refractivity contribution in [3.05, 3.63) is 114 Å². The maximum absolute atomic E-state index is 4.19. The fourth-order valence-electron chi connectivity index (χ4n) is 8.17. The molecule has 0 amide bonds. The van der Waals surface area contributed by atoms with Crippen LogP contribution in [0.1, 0.15) is 175 Å². The first-order chi connectivity index (χ1) is 23.5. The van der Waals surface area contributed by atoms with Gasteiger partial charge >= 0.3 is 0 Å². The zero-order valence-corrected chi connectivity index (χ0v) is 32.4. The highest BCUT2D eigenvalue weighted by molar-refractivity contribution is 5.90. The predicted molar refractivity (Wildman–Crippen MR) is 219 cm³/mol. The van der Waals surface area contributed by atoms with E-state index in [1.165, 1.54) is 112 Å². The van der Waals surface area contributed by atoms with Crippen LogP contribution in [0, 0.1) is 11.8 Å². The van der Waals surface area contributed by atoms with Crippen LogP contribution in [0.4, 0.5) is 0 Å². The van der Waals surface area contributed by atoms with E-state index in [1.54, 1.807) is 11.1 Å². The molecule has 0 radical (unpaired) electrons. The molecule has 0 spiro atoms. The van der Waals surface area contributed by atoms with Crippen LogP contribution >= 0.6 is 0 Å². The summed E-state index contributed by atoms with van der Waals surface area (Å²) in [6, 6.07) is 9.37. The Labute approximate surface area is 299 Å². The topological polar surface area (TPSA) is 0 Å². The standard InChI is InChI=1S/C48H74/c1-9-16-19-21-23-29-38-48(39-30-24-22-20-17-10-2)46(44(32-13-5)45-35-26-28-37-47(45)48)36-27-25-34-43(40(8)31-12-4)42(15-7)41(14-6)33-18-11-3/h12-13,15,18,26,28,32-37,40-41H,4-5,9-11,14,16-17,19-25,27,29-31,38-39H2,1-3,6-8H3/b33-18-,42-15-,43-34-,44-32-,46-36+. The Morgan fingerprint density at radius 2 is 1.42 bits per heavy atom. The van der Waals surface area contributed by atoms with Crippen LogP contribution in [-0.4, -0.2) is 0 Å². The molecule has 0 saturated heterocycles. The van der Waals surface area contributed by atoms with Gasteiger partial charge in [0.25, 0.3) is 0 Å². The average molecular weight is 651 g/mol. The van der Waals surface area contributed by atoms with Crippen molar-refractivity contribution >= 4 is 5.57 Å². The van der Waals surface area contributed by atoms with E-state index in [9.17, 15) is 0 Å². The summed E-state index contributed by atoms with van der Waals surface area (Å²) < 4.78 is 0. The molecule has 1 aromatic carbocycles. The van der Waals surface area contributed by atoms with Crippen molar-refractivity contribution in [3.63, 3.8) is 0 Å². The average Bonchev–Trinajstić information content (AvgIpc) is 3.35. The van der Waals surface area contributed by atoms with E-state index >= 15 is 0 Å². The lowest BCUT2D eigenvalue weighted by Crippen LogP contribution is -2.25. The summed E-state index contributed by atoms with van der Waals surface area (Å²) in [5.41, 5.74) is 9.16. The third-order valence-corrected chi connectivity index (χ3v) is 10.8. The summed E-state index contributed by atoms with van der Waals surface area (Å²) in [6.07, 6.45) is 42.8. The quantitative estimate of drug-likeness (QED) is 0.0532. The second-order valence-corrected chi connectivity index (χ2v) is 14.4. The van der Waals surface area contributed by atoms with Crippen LogP contribution in [0.5, 0.6) is 0 Å². The van der Waals surface area contributed by atoms with Crippen LogP contribution in [0.15, 0.2) is 103 Å². The summed E-state index contributed by atoms with van der Waals surface area (Å²) in [4.78, 5) is 0. The molecular formula is C48H74. The molecular weight excluding hydrogens is 577 g/mol. The fourth-order valence-corrected chi connectivity index (χ4v) is 8.17. The van der Waals surface area contributed by atoms with Crippen molar-refractivity contribution in [1.82, 2.24) is 0 Å². The first kappa shape index (κ1) is 41.6. The molecule has 0 aromatic heterocycles. The highest BCUT2D eigenvalue weighted by atomic mass is 14.5. The van der Waals surface area contributed by atoms with Gasteiger partial charge in [-0.15, -0.1) is 6.58 Å². The monoisotopic (exact) mass is 651 g/mol. The number of fused-ring (bicyclic) bond motifs is 1. The number of allylic oxidation sites excluding steroid dienone is 12. The third-order valence-electron chi connectivity index (χ3n) is 10.8. The normalized spacial score (nSPS) is 17.7. The molecule has 1 aliphatic rings. The van der Waals surface area contributed by atoms with E-state index in [4.69, 9.17) is 0 Å². The van der Waals surface area contributed by atoms with Crippen molar-refractivity contribution in [2.24, 2.45) is 11.8 Å². The highest BCUT2D eigenvalue weighted by Crippen LogP contribution is 2.55. The van der Waals surface area contributed by atoms with Crippen LogP contribution < -0.4 is 0 Å². The smallest absolute Gasteiger partial charge is 0.0212 e. The van der Waals surface area contributed by atoms with E-state index < -0.39 is 0 Å². The molecule has 0 bridgehead atoms. The lowest BCUT2D eigenvalue weighted by molar-refractivity contribution is 0.397. The molecule has 0 heterocycles.